The lowest BCUT2D eigenvalue weighted by molar-refractivity contribution is -0.136. The fourth-order valence-corrected chi connectivity index (χ4v) is 2.33. The number of rotatable bonds is 3. The molecule has 0 bridgehead atoms. The molecule has 1 atom stereocenters. The number of carbonyl (C=O) groups excluding carboxylic acids is 2. The summed E-state index contributed by atoms with van der Waals surface area (Å²) in [6.45, 7) is 5.56. The molecule has 2 amide bonds. The van der Waals surface area contributed by atoms with Crippen LogP contribution in [-0.2, 0) is 9.59 Å². The van der Waals surface area contributed by atoms with Crippen LogP contribution in [0.25, 0.3) is 0 Å². The summed E-state index contributed by atoms with van der Waals surface area (Å²) in [6, 6.07) is 10.9. The maximum absolute atomic E-state index is 12.9. The molecule has 0 aliphatic carbocycles. The van der Waals surface area contributed by atoms with Crippen molar-refractivity contribution in [3.63, 3.8) is 0 Å². The summed E-state index contributed by atoms with van der Waals surface area (Å²) >= 11 is 0. The van der Waals surface area contributed by atoms with Crippen molar-refractivity contribution in [1.29, 1.82) is 0 Å². The Kier molecular flexibility index (Phi) is 5.11. The molecular formula is C18H19FN2O2. The number of hydrogen-bond donors (Lipinski definition) is 2. The fraction of sp³-hybridized carbons (Fsp3) is 0.222. The lowest BCUT2D eigenvalue weighted by Gasteiger charge is -2.14. The van der Waals surface area contributed by atoms with E-state index in [-0.39, 0.29) is 5.82 Å². The second-order valence-electron chi connectivity index (χ2n) is 5.58. The van der Waals surface area contributed by atoms with E-state index in [0.29, 0.717) is 5.69 Å². The number of anilines is 1. The molecule has 0 unspecified atom stereocenters. The predicted octanol–water partition coefficient (Wildman–Crippen LogP) is 3.26. The lowest BCUT2D eigenvalue weighted by Crippen LogP contribution is -2.36. The van der Waals surface area contributed by atoms with Crippen molar-refractivity contribution in [3.05, 3.63) is 65.0 Å². The van der Waals surface area contributed by atoms with Gasteiger partial charge >= 0.3 is 11.8 Å². The number of hydrogen-bond acceptors (Lipinski definition) is 2. The van der Waals surface area contributed by atoms with E-state index < -0.39 is 17.9 Å². The molecule has 0 radical (unpaired) electrons. The van der Waals surface area contributed by atoms with Crippen LogP contribution in [0.2, 0.25) is 0 Å². The SMILES string of the molecule is Cc1cc(C)cc(NC(=O)C(=O)N[C@H](C)c2ccc(F)cc2)c1. The Hall–Kier alpha value is -2.69. The van der Waals surface area contributed by atoms with Crippen LogP contribution in [0.5, 0.6) is 0 Å². The number of nitrogens with one attached hydrogen (secondary N) is 2. The summed E-state index contributed by atoms with van der Waals surface area (Å²) in [4.78, 5) is 23.9. The van der Waals surface area contributed by atoms with Gasteiger partial charge in [-0.15, -0.1) is 0 Å². The van der Waals surface area contributed by atoms with E-state index in [2.05, 4.69) is 10.6 Å². The van der Waals surface area contributed by atoms with Crippen molar-refractivity contribution in [2.24, 2.45) is 0 Å². The van der Waals surface area contributed by atoms with Crippen LogP contribution < -0.4 is 10.6 Å². The average Bonchev–Trinajstić information content (AvgIpc) is 2.46. The van der Waals surface area contributed by atoms with Gasteiger partial charge in [0.25, 0.3) is 0 Å². The van der Waals surface area contributed by atoms with Gasteiger partial charge in [0.2, 0.25) is 0 Å². The van der Waals surface area contributed by atoms with E-state index in [1.807, 2.05) is 19.9 Å². The smallest absolute Gasteiger partial charge is 0.313 e. The van der Waals surface area contributed by atoms with Crippen molar-refractivity contribution in [3.8, 4) is 0 Å². The van der Waals surface area contributed by atoms with Gasteiger partial charge in [-0.1, -0.05) is 18.2 Å². The van der Waals surface area contributed by atoms with Crippen LogP contribution in [0.1, 0.15) is 29.7 Å². The fourth-order valence-electron chi connectivity index (χ4n) is 2.33. The molecule has 23 heavy (non-hydrogen) atoms. The molecule has 2 rings (SSSR count). The summed E-state index contributed by atoms with van der Waals surface area (Å²) in [5.74, 6) is -1.82. The normalized spacial score (nSPS) is 11.7. The van der Waals surface area contributed by atoms with Gasteiger partial charge in [0, 0.05) is 5.69 Å². The third-order valence-corrected chi connectivity index (χ3v) is 3.40. The van der Waals surface area contributed by atoms with E-state index in [9.17, 15) is 14.0 Å². The highest BCUT2D eigenvalue weighted by molar-refractivity contribution is 6.39. The Balaban J connectivity index is 1.99. The van der Waals surface area contributed by atoms with Gasteiger partial charge in [0.05, 0.1) is 6.04 Å². The number of halogens is 1. The average molecular weight is 314 g/mol. The van der Waals surface area contributed by atoms with Gasteiger partial charge in [0.1, 0.15) is 5.82 Å². The summed E-state index contributed by atoms with van der Waals surface area (Å²) in [6.07, 6.45) is 0. The Morgan fingerprint density at radius 1 is 0.957 bits per heavy atom. The maximum Gasteiger partial charge on any atom is 0.313 e. The van der Waals surface area contributed by atoms with Crippen LogP contribution >= 0.6 is 0 Å². The van der Waals surface area contributed by atoms with Gasteiger partial charge in [-0.2, -0.15) is 0 Å². The number of amides is 2. The van der Waals surface area contributed by atoms with Gasteiger partial charge in [0.15, 0.2) is 0 Å². The van der Waals surface area contributed by atoms with Crippen molar-refractivity contribution in [2.45, 2.75) is 26.8 Å². The topological polar surface area (TPSA) is 58.2 Å². The molecule has 2 aromatic carbocycles. The Morgan fingerprint density at radius 2 is 1.52 bits per heavy atom. The largest absolute Gasteiger partial charge is 0.341 e. The number of carbonyl (C=O) groups is 2. The molecule has 0 saturated carbocycles. The first-order valence-electron chi connectivity index (χ1n) is 7.31. The van der Waals surface area contributed by atoms with Crippen molar-refractivity contribution < 1.29 is 14.0 Å². The maximum atomic E-state index is 12.9. The van der Waals surface area contributed by atoms with Crippen molar-refractivity contribution in [1.82, 2.24) is 5.32 Å². The second-order valence-corrected chi connectivity index (χ2v) is 5.58. The van der Waals surface area contributed by atoms with E-state index in [4.69, 9.17) is 0 Å². The summed E-state index contributed by atoms with van der Waals surface area (Å²) in [5, 5.41) is 5.17. The molecule has 0 aliphatic heterocycles. The van der Waals surface area contributed by atoms with Crippen LogP contribution in [-0.4, -0.2) is 11.8 Å². The van der Waals surface area contributed by atoms with Crippen molar-refractivity contribution >= 4 is 17.5 Å². The second kappa shape index (κ2) is 7.05. The lowest BCUT2D eigenvalue weighted by atomic mass is 10.1. The summed E-state index contributed by atoms with van der Waals surface area (Å²) < 4.78 is 12.9. The molecule has 4 nitrogen and oxygen atoms in total. The minimum Gasteiger partial charge on any atom is -0.341 e. The Bertz CT molecular complexity index is 706. The van der Waals surface area contributed by atoms with E-state index >= 15 is 0 Å². The number of benzene rings is 2. The first-order chi connectivity index (χ1) is 10.8. The minimum atomic E-state index is -0.735. The van der Waals surface area contributed by atoms with Crippen LogP contribution in [0.3, 0.4) is 0 Å². The molecule has 5 heteroatoms. The highest BCUT2D eigenvalue weighted by atomic mass is 19.1. The van der Waals surface area contributed by atoms with Crippen LogP contribution in [0, 0.1) is 19.7 Å². The van der Waals surface area contributed by atoms with Gasteiger partial charge in [-0.25, -0.2) is 4.39 Å². The number of aryl methyl sites for hydroxylation is 2. The first kappa shape index (κ1) is 16.7. The van der Waals surface area contributed by atoms with Crippen LogP contribution in [0.4, 0.5) is 10.1 Å². The molecule has 2 aromatic rings. The van der Waals surface area contributed by atoms with E-state index in [0.717, 1.165) is 16.7 Å². The zero-order valence-electron chi connectivity index (χ0n) is 13.3. The zero-order chi connectivity index (χ0) is 17.0. The molecule has 0 aliphatic rings. The molecule has 0 spiro atoms. The summed E-state index contributed by atoms with van der Waals surface area (Å²) in [5.41, 5.74) is 3.30. The molecule has 0 aromatic heterocycles. The Labute approximate surface area is 134 Å². The highest BCUT2D eigenvalue weighted by Crippen LogP contribution is 2.15. The van der Waals surface area contributed by atoms with Gasteiger partial charge in [-0.05, 0) is 61.7 Å². The quantitative estimate of drug-likeness (QED) is 0.854. The van der Waals surface area contributed by atoms with E-state index in [1.54, 1.807) is 31.2 Å². The Morgan fingerprint density at radius 3 is 2.09 bits per heavy atom. The molecular weight excluding hydrogens is 295 g/mol. The van der Waals surface area contributed by atoms with Crippen molar-refractivity contribution in [2.75, 3.05) is 5.32 Å². The molecule has 0 fully saturated rings. The van der Waals surface area contributed by atoms with Gasteiger partial charge in [-0.3, -0.25) is 9.59 Å². The third kappa shape index (κ3) is 4.64. The standard InChI is InChI=1S/C18H19FN2O2/c1-11-8-12(2)10-16(9-11)21-18(23)17(22)20-13(3)14-4-6-15(19)7-5-14/h4-10,13H,1-3H3,(H,20,22)(H,21,23)/t13-/m1/s1. The first-order valence-corrected chi connectivity index (χ1v) is 7.31. The summed E-state index contributed by atoms with van der Waals surface area (Å²) in [7, 11) is 0. The molecule has 0 heterocycles. The van der Waals surface area contributed by atoms with Crippen LogP contribution in [0.15, 0.2) is 42.5 Å². The van der Waals surface area contributed by atoms with Gasteiger partial charge < -0.3 is 10.6 Å². The highest BCUT2D eigenvalue weighted by Gasteiger charge is 2.17. The zero-order valence-corrected chi connectivity index (χ0v) is 13.3. The molecule has 0 saturated heterocycles. The minimum absolute atomic E-state index is 0.347. The van der Waals surface area contributed by atoms with E-state index in [1.165, 1.54) is 12.1 Å². The monoisotopic (exact) mass is 314 g/mol. The predicted molar refractivity (Wildman–Crippen MR) is 87.5 cm³/mol. The molecule has 120 valence electrons. The third-order valence-electron chi connectivity index (χ3n) is 3.40. The molecule has 2 N–H and O–H groups in total.